The molecule has 2 aromatic carbocycles. The van der Waals surface area contributed by atoms with Gasteiger partial charge >= 0.3 is 0 Å². The highest BCUT2D eigenvalue weighted by Crippen LogP contribution is 2.35. The zero-order chi connectivity index (χ0) is 21.1. The number of hydrogen-bond acceptors (Lipinski definition) is 7. The lowest BCUT2D eigenvalue weighted by Crippen LogP contribution is -2.12. The van der Waals surface area contributed by atoms with E-state index < -0.39 is 0 Å². The van der Waals surface area contributed by atoms with Crippen molar-refractivity contribution in [3.8, 4) is 11.5 Å². The van der Waals surface area contributed by atoms with E-state index in [9.17, 15) is 9.18 Å². The van der Waals surface area contributed by atoms with Gasteiger partial charge in [-0.05, 0) is 41.8 Å². The summed E-state index contributed by atoms with van der Waals surface area (Å²) in [6.45, 7) is 0. The minimum Gasteiger partial charge on any atom is -0.493 e. The molecule has 0 aliphatic carbocycles. The van der Waals surface area contributed by atoms with Gasteiger partial charge in [0.25, 0.3) is 5.91 Å². The van der Waals surface area contributed by atoms with Crippen molar-refractivity contribution in [1.29, 1.82) is 0 Å². The van der Waals surface area contributed by atoms with Crippen molar-refractivity contribution in [2.45, 2.75) is 0 Å². The van der Waals surface area contributed by atoms with Crippen LogP contribution in [0.1, 0.15) is 9.67 Å². The number of fused-ring (bicyclic) bond motifs is 1. The van der Waals surface area contributed by atoms with E-state index in [2.05, 4.69) is 20.6 Å². The predicted molar refractivity (Wildman–Crippen MR) is 115 cm³/mol. The number of carbonyl (C=O) groups excluding carboxylic acids is 1. The van der Waals surface area contributed by atoms with Crippen molar-refractivity contribution in [2.75, 3.05) is 24.9 Å². The molecule has 0 fully saturated rings. The quantitative estimate of drug-likeness (QED) is 0.461. The van der Waals surface area contributed by atoms with Gasteiger partial charge in [0.15, 0.2) is 11.5 Å². The summed E-state index contributed by atoms with van der Waals surface area (Å²) >= 11 is 1.28. The number of hydrogen-bond donors (Lipinski definition) is 2. The lowest BCUT2D eigenvalue weighted by Gasteiger charge is -2.12. The van der Waals surface area contributed by atoms with Crippen LogP contribution in [0, 0.1) is 5.82 Å². The van der Waals surface area contributed by atoms with Gasteiger partial charge in [0.2, 0.25) is 0 Å². The second-order valence-electron chi connectivity index (χ2n) is 6.20. The Kier molecular flexibility index (Phi) is 5.44. The largest absolute Gasteiger partial charge is 0.493 e. The van der Waals surface area contributed by atoms with Gasteiger partial charge in [-0.3, -0.25) is 4.79 Å². The van der Waals surface area contributed by atoms with E-state index in [-0.39, 0.29) is 11.7 Å². The van der Waals surface area contributed by atoms with Crippen LogP contribution in [-0.2, 0) is 0 Å². The molecule has 0 radical (unpaired) electrons. The number of ether oxygens (including phenoxy) is 2. The summed E-state index contributed by atoms with van der Waals surface area (Å²) in [5.41, 5.74) is 1.76. The van der Waals surface area contributed by atoms with E-state index in [4.69, 9.17) is 9.47 Å². The average Bonchev–Trinajstić information content (AvgIpc) is 3.23. The highest BCUT2D eigenvalue weighted by molar-refractivity contribution is 7.12. The van der Waals surface area contributed by atoms with Crippen LogP contribution >= 0.6 is 11.3 Å². The van der Waals surface area contributed by atoms with Crippen LogP contribution in [0.5, 0.6) is 11.5 Å². The van der Waals surface area contributed by atoms with Crippen LogP contribution < -0.4 is 20.1 Å². The first-order chi connectivity index (χ1) is 14.6. The number of thiophene rings is 1. The van der Waals surface area contributed by atoms with E-state index in [0.29, 0.717) is 44.5 Å². The fraction of sp³-hybridized carbons (Fsp3) is 0.0952. The first kappa shape index (κ1) is 19.6. The molecule has 0 bridgehead atoms. The normalized spacial score (nSPS) is 10.6. The van der Waals surface area contributed by atoms with Crippen molar-refractivity contribution >= 4 is 45.3 Å². The fourth-order valence-electron chi connectivity index (χ4n) is 2.91. The van der Waals surface area contributed by atoms with Gasteiger partial charge in [0.05, 0.1) is 25.4 Å². The third-order valence-electron chi connectivity index (χ3n) is 4.37. The molecule has 4 rings (SSSR count). The SMILES string of the molecule is COc1cc2ncnc(Nc3ccsc3C(=O)Nc3ccc(F)cc3)c2cc1OC. The molecule has 2 heterocycles. The highest BCUT2D eigenvalue weighted by Gasteiger charge is 2.16. The molecular formula is C21H17FN4O3S. The summed E-state index contributed by atoms with van der Waals surface area (Å²) in [6, 6.07) is 10.9. The Morgan fingerprint density at radius 1 is 1.03 bits per heavy atom. The molecule has 30 heavy (non-hydrogen) atoms. The Hall–Kier alpha value is -3.72. The van der Waals surface area contributed by atoms with Gasteiger partial charge in [-0.1, -0.05) is 0 Å². The molecule has 1 amide bonds. The molecule has 0 atom stereocenters. The smallest absolute Gasteiger partial charge is 0.267 e. The molecule has 0 saturated heterocycles. The topological polar surface area (TPSA) is 85.4 Å². The summed E-state index contributed by atoms with van der Waals surface area (Å²) in [7, 11) is 3.11. The maximum absolute atomic E-state index is 13.1. The first-order valence-corrected chi connectivity index (χ1v) is 9.75. The maximum atomic E-state index is 13.1. The Balaban J connectivity index is 1.64. The first-order valence-electron chi connectivity index (χ1n) is 8.87. The second kappa shape index (κ2) is 8.34. The molecule has 2 aromatic heterocycles. The maximum Gasteiger partial charge on any atom is 0.267 e. The predicted octanol–water partition coefficient (Wildman–Crippen LogP) is 4.84. The number of halogens is 1. The van der Waals surface area contributed by atoms with Crippen LogP contribution in [0.2, 0.25) is 0 Å². The Morgan fingerprint density at radius 3 is 2.50 bits per heavy atom. The van der Waals surface area contributed by atoms with E-state index >= 15 is 0 Å². The summed E-state index contributed by atoms with van der Waals surface area (Å²) in [6.07, 6.45) is 1.43. The molecule has 0 saturated carbocycles. The van der Waals surface area contributed by atoms with Gasteiger partial charge in [0, 0.05) is 17.1 Å². The van der Waals surface area contributed by atoms with E-state index in [1.54, 1.807) is 37.8 Å². The van der Waals surface area contributed by atoms with Gasteiger partial charge in [0.1, 0.15) is 22.8 Å². The number of aromatic nitrogens is 2. The lowest BCUT2D eigenvalue weighted by molar-refractivity contribution is 0.103. The molecule has 0 aliphatic rings. The molecule has 9 heteroatoms. The average molecular weight is 424 g/mol. The Labute approximate surface area is 175 Å². The van der Waals surface area contributed by atoms with Crippen molar-refractivity contribution in [2.24, 2.45) is 0 Å². The molecule has 7 nitrogen and oxygen atoms in total. The molecule has 0 spiro atoms. The number of rotatable bonds is 6. The third kappa shape index (κ3) is 3.87. The number of carbonyl (C=O) groups is 1. The Morgan fingerprint density at radius 2 is 1.77 bits per heavy atom. The zero-order valence-corrected chi connectivity index (χ0v) is 16.9. The number of amides is 1. The van der Waals surface area contributed by atoms with Crippen LogP contribution in [0.4, 0.5) is 21.6 Å². The highest BCUT2D eigenvalue weighted by atomic mass is 32.1. The molecule has 2 N–H and O–H groups in total. The van der Waals surface area contributed by atoms with Gasteiger partial charge in [-0.25, -0.2) is 14.4 Å². The molecule has 4 aromatic rings. The zero-order valence-electron chi connectivity index (χ0n) is 16.1. The monoisotopic (exact) mass is 424 g/mol. The van der Waals surface area contributed by atoms with E-state index in [1.165, 1.54) is 41.9 Å². The van der Waals surface area contributed by atoms with Crippen molar-refractivity contribution in [3.05, 3.63) is 64.9 Å². The lowest BCUT2D eigenvalue weighted by atomic mass is 10.2. The summed E-state index contributed by atoms with van der Waals surface area (Å²) in [4.78, 5) is 21.8. The molecular weight excluding hydrogens is 407 g/mol. The summed E-state index contributed by atoms with van der Waals surface area (Å²) in [5, 5.41) is 8.48. The van der Waals surface area contributed by atoms with Gasteiger partial charge < -0.3 is 20.1 Å². The van der Waals surface area contributed by atoms with Crippen molar-refractivity contribution in [1.82, 2.24) is 9.97 Å². The second-order valence-corrected chi connectivity index (χ2v) is 7.11. The number of methoxy groups -OCH3 is 2. The van der Waals surface area contributed by atoms with E-state index in [0.717, 1.165) is 0 Å². The van der Waals surface area contributed by atoms with Gasteiger partial charge in [-0.15, -0.1) is 11.3 Å². The van der Waals surface area contributed by atoms with Crippen LogP contribution in [0.3, 0.4) is 0 Å². The van der Waals surface area contributed by atoms with Crippen LogP contribution in [0.15, 0.2) is 54.2 Å². The van der Waals surface area contributed by atoms with Crippen LogP contribution in [-0.4, -0.2) is 30.1 Å². The van der Waals surface area contributed by atoms with E-state index in [1.807, 2.05) is 0 Å². The molecule has 0 aliphatic heterocycles. The summed E-state index contributed by atoms with van der Waals surface area (Å²) in [5.74, 6) is 0.952. The molecule has 152 valence electrons. The number of nitrogens with one attached hydrogen (secondary N) is 2. The summed E-state index contributed by atoms with van der Waals surface area (Å²) < 4.78 is 23.8. The fourth-order valence-corrected chi connectivity index (χ4v) is 3.66. The number of anilines is 3. The Bertz CT molecular complexity index is 1210. The number of benzene rings is 2. The minimum atomic E-state index is -0.367. The number of nitrogens with zero attached hydrogens (tertiary/aromatic N) is 2. The third-order valence-corrected chi connectivity index (χ3v) is 5.28. The minimum absolute atomic E-state index is 0.309. The van der Waals surface area contributed by atoms with Crippen molar-refractivity contribution in [3.63, 3.8) is 0 Å². The van der Waals surface area contributed by atoms with Crippen molar-refractivity contribution < 1.29 is 18.7 Å². The molecule has 0 unspecified atom stereocenters. The van der Waals surface area contributed by atoms with Gasteiger partial charge in [-0.2, -0.15) is 0 Å². The standard InChI is InChI=1S/C21H17FN4O3S/c1-28-17-9-14-16(10-18(17)29-2)23-11-24-20(14)26-15-7-8-30-19(15)21(27)25-13-5-3-12(22)4-6-13/h3-11H,1-2H3,(H,25,27)(H,23,24,26). The van der Waals surface area contributed by atoms with Crippen LogP contribution in [0.25, 0.3) is 10.9 Å².